The van der Waals surface area contributed by atoms with E-state index >= 15 is 0 Å². The van der Waals surface area contributed by atoms with Gasteiger partial charge in [-0.25, -0.2) is 0 Å². The van der Waals surface area contributed by atoms with E-state index < -0.39 is 5.91 Å². The number of fused-ring (bicyclic) bond motifs is 1. The van der Waals surface area contributed by atoms with Crippen LogP contribution in [0.2, 0.25) is 0 Å². The molecule has 0 aliphatic rings. The standard InChI is InChI=1S/C16H13N3O2/c20-15-12-8-4-5-9-14(12)17-10-13(15)16(21)19-18-11-6-2-1-3-7-11/h1-10,18H,(H,17,20)(H,19,21). The Morgan fingerprint density at radius 3 is 2.48 bits per heavy atom. The summed E-state index contributed by atoms with van der Waals surface area (Å²) in [5, 5.41) is 0.491. The van der Waals surface area contributed by atoms with Crippen LogP contribution in [0.5, 0.6) is 0 Å². The molecule has 21 heavy (non-hydrogen) atoms. The van der Waals surface area contributed by atoms with Gasteiger partial charge in [0.25, 0.3) is 5.91 Å². The number of rotatable bonds is 3. The van der Waals surface area contributed by atoms with Gasteiger partial charge in [-0.2, -0.15) is 0 Å². The number of pyridine rings is 1. The van der Waals surface area contributed by atoms with Crippen molar-refractivity contribution in [2.24, 2.45) is 0 Å². The molecule has 1 amide bonds. The number of nitrogens with one attached hydrogen (secondary N) is 3. The summed E-state index contributed by atoms with van der Waals surface area (Å²) in [5.74, 6) is -0.481. The molecule has 0 bridgehead atoms. The monoisotopic (exact) mass is 279 g/mol. The van der Waals surface area contributed by atoms with Crippen LogP contribution in [0.15, 0.2) is 65.6 Å². The van der Waals surface area contributed by atoms with Crippen LogP contribution in [0.4, 0.5) is 5.69 Å². The maximum atomic E-state index is 12.3. The van der Waals surface area contributed by atoms with Crippen LogP contribution in [-0.4, -0.2) is 10.9 Å². The highest BCUT2D eigenvalue weighted by Gasteiger charge is 2.12. The molecule has 104 valence electrons. The Morgan fingerprint density at radius 2 is 1.67 bits per heavy atom. The summed E-state index contributed by atoms with van der Waals surface area (Å²) in [7, 11) is 0. The molecule has 0 atom stereocenters. The van der Waals surface area contributed by atoms with Gasteiger partial charge in [-0.15, -0.1) is 0 Å². The lowest BCUT2D eigenvalue weighted by atomic mass is 10.1. The number of para-hydroxylation sites is 2. The molecular formula is C16H13N3O2. The Balaban J connectivity index is 1.85. The van der Waals surface area contributed by atoms with Crippen molar-refractivity contribution < 1.29 is 4.79 Å². The molecule has 3 N–H and O–H groups in total. The number of carbonyl (C=O) groups excluding carboxylic acids is 1. The molecule has 0 aliphatic heterocycles. The minimum Gasteiger partial charge on any atom is -0.360 e. The van der Waals surface area contributed by atoms with E-state index in [2.05, 4.69) is 15.8 Å². The number of hydrogen-bond acceptors (Lipinski definition) is 3. The molecule has 0 unspecified atom stereocenters. The Hall–Kier alpha value is -3.08. The molecular weight excluding hydrogens is 266 g/mol. The number of hydrazine groups is 1. The molecule has 0 fully saturated rings. The highest BCUT2D eigenvalue weighted by atomic mass is 16.2. The first-order valence-electron chi connectivity index (χ1n) is 6.47. The van der Waals surface area contributed by atoms with Crippen LogP contribution in [0.3, 0.4) is 0 Å². The van der Waals surface area contributed by atoms with Crippen LogP contribution in [0, 0.1) is 0 Å². The van der Waals surface area contributed by atoms with Gasteiger partial charge in [0.1, 0.15) is 5.56 Å². The van der Waals surface area contributed by atoms with Crippen molar-refractivity contribution in [3.63, 3.8) is 0 Å². The second-order valence-corrected chi connectivity index (χ2v) is 4.52. The lowest BCUT2D eigenvalue weighted by Crippen LogP contribution is -2.33. The normalized spacial score (nSPS) is 10.3. The number of aromatic nitrogens is 1. The van der Waals surface area contributed by atoms with Crippen molar-refractivity contribution in [3.05, 3.63) is 76.6 Å². The number of H-pyrrole nitrogens is 1. The molecule has 5 heteroatoms. The number of benzene rings is 2. The van der Waals surface area contributed by atoms with Gasteiger partial charge in [0.2, 0.25) is 5.43 Å². The number of anilines is 1. The van der Waals surface area contributed by atoms with E-state index in [9.17, 15) is 9.59 Å². The van der Waals surface area contributed by atoms with Gasteiger partial charge in [0, 0.05) is 17.1 Å². The van der Waals surface area contributed by atoms with E-state index in [1.54, 1.807) is 18.2 Å². The number of carbonyl (C=O) groups is 1. The average Bonchev–Trinajstić information content (AvgIpc) is 2.54. The van der Waals surface area contributed by atoms with Crippen molar-refractivity contribution in [1.82, 2.24) is 10.4 Å². The van der Waals surface area contributed by atoms with Gasteiger partial charge < -0.3 is 4.98 Å². The Labute approximate surface area is 120 Å². The molecule has 0 saturated carbocycles. The maximum Gasteiger partial charge on any atom is 0.275 e. The molecule has 0 saturated heterocycles. The van der Waals surface area contributed by atoms with Crippen molar-refractivity contribution >= 4 is 22.5 Å². The van der Waals surface area contributed by atoms with Crippen LogP contribution in [0.25, 0.3) is 10.9 Å². The molecule has 3 aromatic rings. The SMILES string of the molecule is O=C(NNc1ccccc1)c1c[nH]c2ccccc2c1=O. The fourth-order valence-corrected chi connectivity index (χ4v) is 2.05. The third-order valence-corrected chi connectivity index (χ3v) is 3.13. The third kappa shape index (κ3) is 2.62. The molecule has 0 radical (unpaired) electrons. The molecule has 0 aliphatic carbocycles. The fraction of sp³-hybridized carbons (Fsp3) is 0. The van der Waals surface area contributed by atoms with Crippen molar-refractivity contribution in [2.75, 3.05) is 5.43 Å². The molecule has 0 spiro atoms. The van der Waals surface area contributed by atoms with E-state index in [-0.39, 0.29) is 11.0 Å². The Kier molecular flexibility index (Phi) is 3.39. The average molecular weight is 279 g/mol. The van der Waals surface area contributed by atoms with Crippen molar-refractivity contribution in [1.29, 1.82) is 0 Å². The summed E-state index contributed by atoms with van der Waals surface area (Å²) >= 11 is 0. The van der Waals surface area contributed by atoms with Gasteiger partial charge >= 0.3 is 0 Å². The van der Waals surface area contributed by atoms with Crippen molar-refractivity contribution in [2.45, 2.75) is 0 Å². The Morgan fingerprint density at radius 1 is 0.952 bits per heavy atom. The predicted octanol–water partition coefficient (Wildman–Crippen LogP) is 2.29. The van der Waals surface area contributed by atoms with Gasteiger partial charge in [-0.1, -0.05) is 30.3 Å². The second-order valence-electron chi connectivity index (χ2n) is 4.52. The van der Waals surface area contributed by atoms with Crippen LogP contribution >= 0.6 is 0 Å². The van der Waals surface area contributed by atoms with E-state index in [0.717, 1.165) is 5.69 Å². The van der Waals surface area contributed by atoms with Crippen LogP contribution in [-0.2, 0) is 0 Å². The second kappa shape index (κ2) is 5.50. The van der Waals surface area contributed by atoms with Gasteiger partial charge in [0.15, 0.2) is 0 Å². The zero-order chi connectivity index (χ0) is 14.7. The molecule has 5 nitrogen and oxygen atoms in total. The largest absolute Gasteiger partial charge is 0.360 e. The summed E-state index contributed by atoms with van der Waals surface area (Å²) < 4.78 is 0. The fourth-order valence-electron chi connectivity index (χ4n) is 2.05. The lowest BCUT2D eigenvalue weighted by molar-refractivity contribution is 0.0961. The van der Waals surface area contributed by atoms with Crippen molar-refractivity contribution in [3.8, 4) is 0 Å². The van der Waals surface area contributed by atoms with Gasteiger partial charge in [0.05, 0.1) is 5.69 Å². The van der Waals surface area contributed by atoms with Crippen LogP contribution in [0.1, 0.15) is 10.4 Å². The lowest BCUT2D eigenvalue weighted by Gasteiger charge is -2.08. The zero-order valence-corrected chi connectivity index (χ0v) is 11.1. The summed E-state index contributed by atoms with van der Waals surface area (Å²) in [5.41, 5.74) is 6.49. The predicted molar refractivity (Wildman–Crippen MR) is 82.1 cm³/mol. The minimum atomic E-state index is -0.481. The van der Waals surface area contributed by atoms with E-state index in [4.69, 9.17) is 0 Å². The maximum absolute atomic E-state index is 12.3. The highest BCUT2D eigenvalue weighted by molar-refractivity contribution is 5.97. The van der Waals surface area contributed by atoms with E-state index in [1.807, 2.05) is 36.4 Å². The zero-order valence-electron chi connectivity index (χ0n) is 11.1. The summed E-state index contributed by atoms with van der Waals surface area (Å²) in [6.07, 6.45) is 1.42. The van der Waals surface area contributed by atoms with Crippen LogP contribution < -0.4 is 16.3 Å². The van der Waals surface area contributed by atoms with E-state index in [1.165, 1.54) is 6.20 Å². The summed E-state index contributed by atoms with van der Waals surface area (Å²) in [6, 6.07) is 16.3. The smallest absolute Gasteiger partial charge is 0.275 e. The summed E-state index contributed by atoms with van der Waals surface area (Å²) in [4.78, 5) is 27.3. The summed E-state index contributed by atoms with van der Waals surface area (Å²) in [6.45, 7) is 0. The van der Waals surface area contributed by atoms with E-state index in [0.29, 0.717) is 10.9 Å². The highest BCUT2D eigenvalue weighted by Crippen LogP contribution is 2.07. The number of amides is 1. The molecule has 1 heterocycles. The molecule has 1 aromatic heterocycles. The number of hydrogen-bond donors (Lipinski definition) is 3. The minimum absolute atomic E-state index is 0.0668. The first-order valence-corrected chi connectivity index (χ1v) is 6.47. The van der Waals surface area contributed by atoms with Gasteiger partial charge in [-0.3, -0.25) is 20.4 Å². The Bertz CT molecular complexity index is 841. The first-order chi connectivity index (χ1) is 10.3. The topological polar surface area (TPSA) is 74.0 Å². The quantitative estimate of drug-likeness (QED) is 0.644. The van der Waals surface area contributed by atoms with Gasteiger partial charge in [-0.05, 0) is 24.3 Å². The number of aromatic amines is 1. The molecule has 3 rings (SSSR count). The third-order valence-electron chi connectivity index (χ3n) is 3.13. The first kappa shape index (κ1) is 12.9. The molecule has 2 aromatic carbocycles.